The number of nitriles is 1. The number of nitrogens with zero attached hydrogens (tertiary/aromatic N) is 1. The summed E-state index contributed by atoms with van der Waals surface area (Å²) >= 11 is 0. The Labute approximate surface area is 136 Å². The lowest BCUT2D eigenvalue weighted by Crippen LogP contribution is -2.61. The lowest BCUT2D eigenvalue weighted by molar-refractivity contribution is -0.0231. The smallest absolute Gasteiger partial charge is 0.315 e. The maximum Gasteiger partial charge on any atom is 0.315 e. The molecule has 2 rings (SSSR count). The second kappa shape index (κ2) is 5.74. The van der Waals surface area contributed by atoms with Gasteiger partial charge in [0.25, 0.3) is 0 Å². The standard InChI is InChI=1S/C17H23N3O3/c1-16(2,3)20-15(22)19-14-13(21)11-8-10(9-18)6-7-12(11)23-17(14,4)5/h6-8,13-14,21H,1-5H3,(H2,19,20,22). The summed E-state index contributed by atoms with van der Waals surface area (Å²) in [7, 11) is 0. The van der Waals surface area contributed by atoms with Gasteiger partial charge in [0.2, 0.25) is 0 Å². The number of carbonyl (C=O) groups excluding carboxylic acids is 1. The number of aliphatic hydroxyl groups is 1. The molecule has 3 N–H and O–H groups in total. The molecule has 0 saturated heterocycles. The fraction of sp³-hybridized carbons (Fsp3) is 0.529. The summed E-state index contributed by atoms with van der Waals surface area (Å²) in [5.74, 6) is 0.524. The summed E-state index contributed by atoms with van der Waals surface area (Å²) in [5, 5.41) is 25.3. The Kier molecular flexibility index (Phi) is 4.27. The molecule has 1 heterocycles. The van der Waals surface area contributed by atoms with Crippen LogP contribution in [0.3, 0.4) is 0 Å². The molecule has 1 aliphatic heterocycles. The number of hydrogen-bond acceptors (Lipinski definition) is 4. The number of carbonyl (C=O) groups is 1. The number of ether oxygens (including phenoxy) is 1. The molecule has 6 heteroatoms. The monoisotopic (exact) mass is 317 g/mol. The summed E-state index contributed by atoms with van der Waals surface area (Å²) in [6, 6.07) is 5.92. The first kappa shape index (κ1) is 17.1. The molecule has 0 bridgehead atoms. The van der Waals surface area contributed by atoms with Crippen molar-refractivity contribution in [3.63, 3.8) is 0 Å². The van der Waals surface area contributed by atoms with Crippen LogP contribution in [0, 0.1) is 11.3 Å². The van der Waals surface area contributed by atoms with Gasteiger partial charge in [0, 0.05) is 11.1 Å². The van der Waals surface area contributed by atoms with E-state index in [4.69, 9.17) is 10.00 Å². The zero-order valence-corrected chi connectivity index (χ0v) is 14.1. The Bertz CT molecular complexity index is 656. The van der Waals surface area contributed by atoms with E-state index in [1.807, 2.05) is 26.8 Å². The van der Waals surface area contributed by atoms with E-state index in [0.29, 0.717) is 16.9 Å². The lowest BCUT2D eigenvalue weighted by atomic mass is 9.85. The zero-order valence-electron chi connectivity index (χ0n) is 14.1. The summed E-state index contributed by atoms with van der Waals surface area (Å²) in [4.78, 5) is 12.2. The normalized spacial score (nSPS) is 22.3. The largest absolute Gasteiger partial charge is 0.485 e. The minimum absolute atomic E-state index is 0.377. The maximum absolute atomic E-state index is 12.2. The topological polar surface area (TPSA) is 94.4 Å². The summed E-state index contributed by atoms with van der Waals surface area (Å²) in [6.45, 7) is 9.23. The van der Waals surface area contributed by atoms with Gasteiger partial charge in [-0.1, -0.05) is 0 Å². The number of amides is 2. The van der Waals surface area contributed by atoms with Gasteiger partial charge in [0.15, 0.2) is 0 Å². The van der Waals surface area contributed by atoms with Crippen LogP contribution in [0.1, 0.15) is 51.8 Å². The third-order valence-electron chi connectivity index (χ3n) is 3.67. The van der Waals surface area contributed by atoms with Crippen molar-refractivity contribution >= 4 is 6.03 Å². The van der Waals surface area contributed by atoms with Crippen molar-refractivity contribution in [1.29, 1.82) is 5.26 Å². The highest BCUT2D eigenvalue weighted by atomic mass is 16.5. The highest BCUT2D eigenvalue weighted by Crippen LogP contribution is 2.40. The molecule has 2 atom stereocenters. The molecule has 6 nitrogen and oxygen atoms in total. The lowest BCUT2D eigenvalue weighted by Gasteiger charge is -2.43. The average molecular weight is 317 g/mol. The molecular weight excluding hydrogens is 294 g/mol. The summed E-state index contributed by atoms with van der Waals surface area (Å²) in [6.07, 6.45) is -0.965. The van der Waals surface area contributed by atoms with Crippen molar-refractivity contribution < 1.29 is 14.6 Å². The van der Waals surface area contributed by atoms with Crippen LogP contribution >= 0.6 is 0 Å². The van der Waals surface area contributed by atoms with Crippen molar-refractivity contribution in [2.75, 3.05) is 0 Å². The number of rotatable bonds is 1. The molecule has 0 aromatic heterocycles. The molecule has 1 aromatic carbocycles. The van der Waals surface area contributed by atoms with E-state index in [9.17, 15) is 9.90 Å². The van der Waals surface area contributed by atoms with Crippen LogP contribution in [-0.2, 0) is 0 Å². The predicted molar refractivity (Wildman–Crippen MR) is 86.0 cm³/mol. The molecule has 0 spiro atoms. The fourth-order valence-corrected chi connectivity index (χ4v) is 2.62. The molecule has 23 heavy (non-hydrogen) atoms. The highest BCUT2D eigenvalue weighted by molar-refractivity contribution is 5.75. The van der Waals surface area contributed by atoms with Crippen LogP contribution in [0.15, 0.2) is 18.2 Å². The van der Waals surface area contributed by atoms with Crippen LogP contribution in [-0.4, -0.2) is 28.3 Å². The molecule has 0 saturated carbocycles. The predicted octanol–water partition coefficient (Wildman–Crippen LogP) is 2.23. The van der Waals surface area contributed by atoms with Gasteiger partial charge in [-0.05, 0) is 52.8 Å². The first-order chi connectivity index (χ1) is 10.5. The van der Waals surface area contributed by atoms with E-state index in [2.05, 4.69) is 10.6 Å². The number of fused-ring (bicyclic) bond motifs is 1. The molecular formula is C17H23N3O3. The van der Waals surface area contributed by atoms with Crippen LogP contribution in [0.5, 0.6) is 5.75 Å². The van der Waals surface area contributed by atoms with Crippen molar-refractivity contribution in [2.45, 2.75) is 57.9 Å². The maximum atomic E-state index is 12.2. The molecule has 0 aliphatic carbocycles. The Balaban J connectivity index is 2.29. The number of nitrogens with one attached hydrogen (secondary N) is 2. The van der Waals surface area contributed by atoms with Crippen LogP contribution < -0.4 is 15.4 Å². The number of hydrogen-bond donors (Lipinski definition) is 3. The minimum atomic E-state index is -0.965. The molecule has 1 aromatic rings. The third kappa shape index (κ3) is 3.74. The number of urea groups is 1. The van der Waals surface area contributed by atoms with Crippen LogP contribution in [0.2, 0.25) is 0 Å². The molecule has 0 fully saturated rings. The summed E-state index contributed by atoms with van der Waals surface area (Å²) < 4.78 is 5.92. The Hall–Kier alpha value is -2.26. The van der Waals surface area contributed by atoms with E-state index in [0.717, 1.165) is 0 Å². The average Bonchev–Trinajstić information content (AvgIpc) is 2.41. The second-order valence-corrected chi connectivity index (χ2v) is 7.34. The second-order valence-electron chi connectivity index (χ2n) is 7.34. The van der Waals surface area contributed by atoms with Crippen molar-refractivity contribution in [3.8, 4) is 11.8 Å². The summed E-state index contributed by atoms with van der Waals surface area (Å²) in [5.41, 5.74) is -0.246. The third-order valence-corrected chi connectivity index (χ3v) is 3.67. The molecule has 124 valence electrons. The van der Waals surface area contributed by atoms with E-state index in [1.54, 1.807) is 32.0 Å². The molecule has 2 amide bonds. The quantitative estimate of drug-likeness (QED) is 0.740. The molecule has 1 aliphatic rings. The molecule has 0 radical (unpaired) electrons. The van der Waals surface area contributed by atoms with Crippen molar-refractivity contribution in [2.24, 2.45) is 0 Å². The van der Waals surface area contributed by atoms with Crippen molar-refractivity contribution in [1.82, 2.24) is 10.6 Å². The Morgan fingerprint density at radius 2 is 2.04 bits per heavy atom. The van der Waals surface area contributed by atoms with Crippen LogP contribution in [0.25, 0.3) is 0 Å². The van der Waals surface area contributed by atoms with Gasteiger partial charge < -0.3 is 20.5 Å². The number of benzene rings is 1. The molecule has 2 unspecified atom stereocenters. The van der Waals surface area contributed by atoms with Gasteiger partial charge >= 0.3 is 6.03 Å². The Morgan fingerprint density at radius 1 is 1.39 bits per heavy atom. The minimum Gasteiger partial charge on any atom is -0.485 e. The van der Waals surface area contributed by atoms with Gasteiger partial charge in [-0.2, -0.15) is 5.26 Å². The van der Waals surface area contributed by atoms with Gasteiger partial charge in [0.05, 0.1) is 17.7 Å². The van der Waals surface area contributed by atoms with E-state index >= 15 is 0 Å². The first-order valence-electron chi connectivity index (χ1n) is 7.53. The van der Waals surface area contributed by atoms with E-state index < -0.39 is 17.7 Å². The van der Waals surface area contributed by atoms with E-state index in [1.165, 1.54) is 0 Å². The number of aliphatic hydroxyl groups excluding tert-OH is 1. The zero-order chi connectivity index (χ0) is 17.4. The van der Waals surface area contributed by atoms with Gasteiger partial charge in [-0.3, -0.25) is 0 Å². The first-order valence-corrected chi connectivity index (χ1v) is 7.53. The van der Waals surface area contributed by atoms with Gasteiger partial charge in [-0.25, -0.2) is 4.79 Å². The van der Waals surface area contributed by atoms with E-state index in [-0.39, 0.29) is 11.6 Å². The Morgan fingerprint density at radius 3 is 2.61 bits per heavy atom. The van der Waals surface area contributed by atoms with Crippen LogP contribution in [0.4, 0.5) is 4.79 Å². The SMILES string of the molecule is CC(C)(C)NC(=O)NC1C(O)c2cc(C#N)ccc2OC1(C)C. The fourth-order valence-electron chi connectivity index (χ4n) is 2.62. The van der Waals surface area contributed by atoms with Crippen molar-refractivity contribution in [3.05, 3.63) is 29.3 Å². The van der Waals surface area contributed by atoms with Gasteiger partial charge in [0.1, 0.15) is 17.5 Å². The van der Waals surface area contributed by atoms with Gasteiger partial charge in [-0.15, -0.1) is 0 Å². The highest BCUT2D eigenvalue weighted by Gasteiger charge is 2.44.